The van der Waals surface area contributed by atoms with Gasteiger partial charge in [-0.15, -0.1) is 0 Å². The molecule has 0 spiro atoms. The fourth-order valence-electron chi connectivity index (χ4n) is 3.65. The molecule has 1 N–H and O–H groups in total. The normalized spacial score (nSPS) is 14.4. The minimum absolute atomic E-state index is 0.0948. The molecule has 1 aliphatic heterocycles. The van der Waals surface area contributed by atoms with Gasteiger partial charge in [0.15, 0.2) is 0 Å². The first-order valence-corrected chi connectivity index (χ1v) is 10.4. The highest BCUT2D eigenvalue weighted by molar-refractivity contribution is 8.03. The first kappa shape index (κ1) is 19.3. The van der Waals surface area contributed by atoms with Crippen LogP contribution in [0.15, 0.2) is 64.5 Å². The highest BCUT2D eigenvalue weighted by atomic mass is 32.2. The summed E-state index contributed by atoms with van der Waals surface area (Å²) in [5.74, 6) is 0.0508. The van der Waals surface area contributed by atoms with E-state index in [2.05, 4.69) is 46.7 Å². The molecule has 0 unspecified atom stereocenters. The van der Waals surface area contributed by atoms with Gasteiger partial charge in [-0.3, -0.25) is 4.79 Å². The molecule has 3 aromatic rings. The quantitative estimate of drug-likeness (QED) is 0.608. The molecule has 0 radical (unpaired) electrons. The van der Waals surface area contributed by atoms with Crippen molar-refractivity contribution < 1.29 is 19.2 Å². The summed E-state index contributed by atoms with van der Waals surface area (Å²) in [6.07, 6.45) is 2.25. The van der Waals surface area contributed by atoms with E-state index in [0.717, 1.165) is 44.5 Å². The summed E-state index contributed by atoms with van der Waals surface area (Å²) >= 11 is 1.68. The lowest BCUT2D eigenvalue weighted by Gasteiger charge is -2.19. The van der Waals surface area contributed by atoms with Gasteiger partial charge < -0.3 is 14.7 Å². The number of aromatic nitrogens is 1. The molecular formula is C23H23N2O3S+. The van der Waals surface area contributed by atoms with E-state index in [1.165, 1.54) is 0 Å². The van der Waals surface area contributed by atoms with Gasteiger partial charge in [-0.2, -0.15) is 4.57 Å². The molecule has 2 aromatic carbocycles. The topological polar surface area (TPSA) is 53.7 Å². The summed E-state index contributed by atoms with van der Waals surface area (Å²) in [6, 6.07) is 18.4. The van der Waals surface area contributed by atoms with E-state index in [-0.39, 0.29) is 6.42 Å². The number of benzene rings is 2. The number of nitrogens with zero attached hydrogens (tertiary/aromatic N) is 2. The first-order valence-electron chi connectivity index (χ1n) is 9.59. The molecule has 2 heterocycles. The number of rotatable bonds is 6. The van der Waals surface area contributed by atoms with Crippen LogP contribution < -0.4 is 14.2 Å². The molecule has 29 heavy (non-hydrogen) atoms. The van der Waals surface area contributed by atoms with Gasteiger partial charge in [0, 0.05) is 29.6 Å². The Kier molecular flexibility index (Phi) is 5.45. The number of carbonyl (C=O) groups is 1. The number of fused-ring (bicyclic) bond motifs is 2. The number of hydrogen-bond donors (Lipinski definition) is 1. The van der Waals surface area contributed by atoms with Crippen LogP contribution in [0.4, 0.5) is 5.69 Å². The molecule has 4 rings (SSSR count). The van der Waals surface area contributed by atoms with E-state index in [9.17, 15) is 9.90 Å². The van der Waals surface area contributed by atoms with Crippen LogP contribution in [0, 0.1) is 0 Å². The van der Waals surface area contributed by atoms with E-state index >= 15 is 0 Å². The Hall–Kier alpha value is -2.99. The lowest BCUT2D eigenvalue weighted by molar-refractivity contribution is -0.669. The second kappa shape index (κ2) is 8.17. The Morgan fingerprint density at radius 1 is 1.21 bits per heavy atom. The Balaban J connectivity index is 1.77. The zero-order chi connectivity index (χ0) is 20.4. The fourth-order valence-corrected chi connectivity index (χ4v) is 4.78. The van der Waals surface area contributed by atoms with Gasteiger partial charge >= 0.3 is 5.97 Å². The van der Waals surface area contributed by atoms with E-state index < -0.39 is 5.97 Å². The Morgan fingerprint density at radius 3 is 2.79 bits per heavy atom. The van der Waals surface area contributed by atoms with Gasteiger partial charge in [0.05, 0.1) is 29.6 Å². The highest BCUT2D eigenvalue weighted by Gasteiger charge is 2.26. The summed E-state index contributed by atoms with van der Waals surface area (Å²) in [4.78, 5) is 14.4. The number of carboxylic acids is 1. The van der Waals surface area contributed by atoms with Gasteiger partial charge in [-0.05, 0) is 37.3 Å². The van der Waals surface area contributed by atoms with E-state index in [0.29, 0.717) is 6.54 Å². The molecule has 5 nitrogen and oxygen atoms in total. The lowest BCUT2D eigenvalue weighted by atomic mass is 10.1. The number of hydrogen-bond acceptors (Lipinski definition) is 4. The smallest absolute Gasteiger partial charge is 0.305 e. The van der Waals surface area contributed by atoms with Crippen molar-refractivity contribution in [1.82, 2.24) is 0 Å². The molecule has 0 fully saturated rings. The van der Waals surface area contributed by atoms with Gasteiger partial charge in [0.25, 0.3) is 0 Å². The number of anilines is 1. The van der Waals surface area contributed by atoms with Gasteiger partial charge in [-0.1, -0.05) is 23.9 Å². The maximum Gasteiger partial charge on any atom is 0.305 e. The number of methoxy groups -OCH3 is 1. The van der Waals surface area contributed by atoms with Crippen molar-refractivity contribution in [2.24, 2.45) is 0 Å². The van der Waals surface area contributed by atoms with E-state index in [4.69, 9.17) is 4.74 Å². The number of thioether (sulfide) groups is 1. The number of aryl methyl sites for hydroxylation is 1. The molecule has 0 aliphatic carbocycles. The number of para-hydroxylation sites is 1. The molecular weight excluding hydrogens is 384 g/mol. The maximum atomic E-state index is 11.2. The number of aliphatic carboxylic acids is 1. The number of carboxylic acid groups (broad SMARTS) is 1. The van der Waals surface area contributed by atoms with Crippen LogP contribution in [0.25, 0.3) is 17.0 Å². The SMILES string of the molecule is CC[n+]1c(/C=C2\Sc3ccccc3N2CCC(=O)O)ccc2cc(OC)ccc21. The van der Waals surface area contributed by atoms with Crippen molar-refractivity contribution in [1.29, 1.82) is 0 Å². The molecule has 148 valence electrons. The van der Waals surface area contributed by atoms with Crippen molar-refractivity contribution in [2.45, 2.75) is 24.8 Å². The molecule has 1 aromatic heterocycles. The number of pyridine rings is 1. The molecule has 0 saturated heterocycles. The van der Waals surface area contributed by atoms with Crippen LogP contribution in [-0.4, -0.2) is 24.7 Å². The maximum absolute atomic E-state index is 11.2. The van der Waals surface area contributed by atoms with Gasteiger partial charge in [0.2, 0.25) is 11.2 Å². The number of ether oxygens (including phenoxy) is 1. The standard InChI is InChI=1S/C23H22N2O3S/c1-3-24-17(9-8-16-14-18(28-2)10-11-19(16)24)15-22-25(13-12-23(26)27)20-6-4-5-7-21(20)29-22/h4-11,14-15H,3,12-13H2,1-2H3/p+1. The van der Waals surface area contributed by atoms with Crippen molar-refractivity contribution in [2.75, 3.05) is 18.6 Å². The van der Waals surface area contributed by atoms with Gasteiger partial charge in [-0.25, -0.2) is 0 Å². The van der Waals surface area contributed by atoms with E-state index in [1.807, 2.05) is 30.3 Å². The Morgan fingerprint density at radius 2 is 2.03 bits per heavy atom. The lowest BCUT2D eigenvalue weighted by Crippen LogP contribution is -2.37. The van der Waals surface area contributed by atoms with Crippen LogP contribution >= 0.6 is 11.8 Å². The third kappa shape index (κ3) is 3.80. The molecule has 0 bridgehead atoms. The zero-order valence-electron chi connectivity index (χ0n) is 16.5. The van der Waals surface area contributed by atoms with Crippen LogP contribution in [0.2, 0.25) is 0 Å². The molecule has 0 atom stereocenters. The molecule has 1 aliphatic rings. The second-order valence-electron chi connectivity index (χ2n) is 6.77. The van der Waals surface area contributed by atoms with E-state index in [1.54, 1.807) is 18.9 Å². The third-order valence-corrected chi connectivity index (χ3v) is 6.16. The molecule has 0 amide bonds. The first-order chi connectivity index (χ1) is 14.1. The second-order valence-corrected chi connectivity index (χ2v) is 7.84. The predicted octanol–water partition coefficient (Wildman–Crippen LogP) is 4.54. The van der Waals surface area contributed by atoms with Crippen LogP contribution in [0.3, 0.4) is 0 Å². The third-order valence-electron chi connectivity index (χ3n) is 5.04. The fraction of sp³-hybridized carbons (Fsp3) is 0.217. The van der Waals surface area contributed by atoms with Crippen molar-refractivity contribution in [3.05, 3.63) is 65.3 Å². The average molecular weight is 408 g/mol. The van der Waals surface area contributed by atoms with Crippen molar-refractivity contribution in [3.8, 4) is 5.75 Å². The van der Waals surface area contributed by atoms with Crippen molar-refractivity contribution >= 4 is 40.4 Å². The van der Waals surface area contributed by atoms with Gasteiger partial charge in [0.1, 0.15) is 12.3 Å². The minimum atomic E-state index is -0.790. The predicted molar refractivity (Wildman–Crippen MR) is 116 cm³/mol. The summed E-state index contributed by atoms with van der Waals surface area (Å²) in [6.45, 7) is 3.40. The average Bonchev–Trinajstić information content (AvgIpc) is 3.08. The van der Waals surface area contributed by atoms with Crippen LogP contribution in [0.1, 0.15) is 19.0 Å². The molecule has 0 saturated carbocycles. The monoisotopic (exact) mass is 407 g/mol. The Labute approximate surface area is 174 Å². The molecule has 6 heteroatoms. The zero-order valence-corrected chi connectivity index (χ0v) is 17.3. The highest BCUT2D eigenvalue weighted by Crippen LogP contribution is 2.46. The van der Waals surface area contributed by atoms with Crippen LogP contribution in [-0.2, 0) is 11.3 Å². The Bertz CT molecular complexity index is 1110. The largest absolute Gasteiger partial charge is 0.497 e. The summed E-state index contributed by atoms with van der Waals surface area (Å²) in [5, 5.41) is 11.3. The van der Waals surface area contributed by atoms with Crippen molar-refractivity contribution in [3.63, 3.8) is 0 Å². The summed E-state index contributed by atoms with van der Waals surface area (Å²) in [7, 11) is 1.68. The summed E-state index contributed by atoms with van der Waals surface area (Å²) in [5.41, 5.74) is 3.29. The summed E-state index contributed by atoms with van der Waals surface area (Å²) < 4.78 is 7.62. The minimum Gasteiger partial charge on any atom is -0.497 e. The van der Waals surface area contributed by atoms with Crippen LogP contribution in [0.5, 0.6) is 5.75 Å².